The van der Waals surface area contributed by atoms with E-state index in [9.17, 15) is 58.5 Å². The molecule has 1 aromatic heterocycles. The molecule has 1 saturated heterocycles. The number of aliphatic hydroxyl groups excluding tert-OH is 3. The van der Waals surface area contributed by atoms with Crippen molar-refractivity contribution >= 4 is 75.8 Å². The van der Waals surface area contributed by atoms with Gasteiger partial charge in [-0.3, -0.25) is 43.2 Å². The van der Waals surface area contributed by atoms with E-state index in [-0.39, 0.29) is 17.9 Å². The van der Waals surface area contributed by atoms with E-state index in [1.165, 1.54) is 20.8 Å². The van der Waals surface area contributed by atoms with Gasteiger partial charge in [0.15, 0.2) is 5.37 Å². The summed E-state index contributed by atoms with van der Waals surface area (Å²) < 4.78 is 0. The molecule has 3 aliphatic heterocycles. The normalized spacial score (nSPS) is 28.3. The van der Waals surface area contributed by atoms with Crippen LogP contribution in [0, 0.1) is 11.8 Å². The lowest BCUT2D eigenvalue weighted by Gasteiger charge is -2.33. The number of hydrogen-bond donors (Lipinski definition) is 12. The lowest BCUT2D eigenvalue weighted by molar-refractivity contribution is -0.144. The number of amides is 9. The van der Waals surface area contributed by atoms with Crippen LogP contribution in [0.4, 0.5) is 0 Å². The fourth-order valence-electron chi connectivity index (χ4n) is 7.61. The molecular formula is C40H56N10O12S. The Morgan fingerprint density at radius 2 is 1.62 bits per heavy atom. The first-order chi connectivity index (χ1) is 29.6. The predicted molar refractivity (Wildman–Crippen MR) is 224 cm³/mol. The van der Waals surface area contributed by atoms with Gasteiger partial charge in [-0.25, -0.2) is 0 Å². The Morgan fingerprint density at radius 3 is 2.29 bits per heavy atom. The van der Waals surface area contributed by atoms with Crippen LogP contribution in [0.3, 0.4) is 0 Å². The molecule has 344 valence electrons. The number of H-pyrrole nitrogens is 1. The molecule has 4 heterocycles. The summed E-state index contributed by atoms with van der Waals surface area (Å²) in [5.41, 5.74) is 4.61. The third-order valence-corrected chi connectivity index (χ3v) is 12.7. The van der Waals surface area contributed by atoms with E-state index < -0.39 is 144 Å². The van der Waals surface area contributed by atoms with Crippen LogP contribution >= 0.6 is 11.8 Å². The SMILES string of the molecule is CC[C@H](C)[C@@H]1NC(=O)CNC(=O)[C@@H]2Cc3c([nH]c4ccccc34)S[C@H](NC(=O)C(C)(C)NC1=O)C(=O)N[C@@H](CC(N)=O)C(=O)N1C[C@H](O)C[C@H]1C(=O)N[C@@H]([C@@H](C)[C@@H](O)CO)C(=O)N2. The molecule has 10 atom stereocenters. The molecular weight excluding hydrogens is 845 g/mol. The number of fused-ring (bicyclic) bond motifs is 4. The van der Waals surface area contributed by atoms with Gasteiger partial charge in [-0.05, 0) is 31.4 Å². The Labute approximate surface area is 366 Å². The van der Waals surface area contributed by atoms with Crippen LogP contribution in [0.15, 0.2) is 29.3 Å². The van der Waals surface area contributed by atoms with Crippen LogP contribution in [0.25, 0.3) is 10.9 Å². The molecule has 3 aliphatic rings. The highest BCUT2D eigenvalue weighted by atomic mass is 32.2. The van der Waals surface area contributed by atoms with Crippen molar-refractivity contribution in [3.8, 4) is 0 Å². The van der Waals surface area contributed by atoms with Gasteiger partial charge in [0.25, 0.3) is 5.91 Å². The van der Waals surface area contributed by atoms with Crippen LogP contribution < -0.4 is 43.0 Å². The van der Waals surface area contributed by atoms with Gasteiger partial charge in [0.2, 0.25) is 47.3 Å². The van der Waals surface area contributed by atoms with Crippen LogP contribution in [-0.2, 0) is 49.6 Å². The third kappa shape index (κ3) is 11.2. The second-order valence-electron chi connectivity index (χ2n) is 16.7. The molecule has 13 N–H and O–H groups in total. The fourth-order valence-corrected chi connectivity index (χ4v) is 8.69. The van der Waals surface area contributed by atoms with E-state index in [4.69, 9.17) is 5.73 Å². The van der Waals surface area contributed by atoms with Gasteiger partial charge in [-0.15, -0.1) is 0 Å². The van der Waals surface area contributed by atoms with Crippen molar-refractivity contribution in [2.75, 3.05) is 19.7 Å². The molecule has 1 aromatic carbocycles. The highest BCUT2D eigenvalue weighted by Gasteiger charge is 2.45. The minimum Gasteiger partial charge on any atom is -0.394 e. The summed E-state index contributed by atoms with van der Waals surface area (Å²) in [6.45, 7) is 5.56. The Hall–Kier alpha value is -5.78. The molecule has 2 aromatic rings. The molecule has 9 amide bonds. The molecule has 22 nitrogen and oxygen atoms in total. The molecule has 23 heteroatoms. The quantitative estimate of drug-likeness (QED) is 0.127. The van der Waals surface area contributed by atoms with Crippen molar-refractivity contribution in [2.45, 2.75) is 119 Å². The number of hydrogen-bond acceptors (Lipinski definition) is 13. The van der Waals surface area contributed by atoms with Crippen molar-refractivity contribution in [3.63, 3.8) is 0 Å². The van der Waals surface area contributed by atoms with Crippen molar-refractivity contribution < 1.29 is 58.5 Å². The number of para-hydroxylation sites is 1. The van der Waals surface area contributed by atoms with Crippen LogP contribution in [0.1, 0.15) is 59.4 Å². The first kappa shape index (κ1) is 48.3. The summed E-state index contributed by atoms with van der Waals surface area (Å²) in [7, 11) is 0. The number of nitrogens with one attached hydrogen (secondary N) is 8. The van der Waals surface area contributed by atoms with Gasteiger partial charge in [-0.1, -0.05) is 57.2 Å². The average Bonchev–Trinajstić information content (AvgIpc) is 3.80. The Balaban J connectivity index is 1.74. The number of nitrogens with zero attached hydrogens (tertiary/aromatic N) is 1. The van der Waals surface area contributed by atoms with Crippen molar-refractivity contribution in [2.24, 2.45) is 17.6 Å². The summed E-state index contributed by atoms with van der Waals surface area (Å²) in [5, 5.41) is 48.3. The highest BCUT2D eigenvalue weighted by molar-refractivity contribution is 8.00. The largest absolute Gasteiger partial charge is 0.394 e. The topological polar surface area (TPSA) is 344 Å². The van der Waals surface area contributed by atoms with Crippen LogP contribution in [0.5, 0.6) is 0 Å². The number of carbonyl (C=O) groups excluding carboxylic acids is 9. The minimum atomic E-state index is -1.76. The number of thioether (sulfide) groups is 1. The lowest BCUT2D eigenvalue weighted by atomic mass is 9.93. The van der Waals surface area contributed by atoms with E-state index in [0.29, 0.717) is 22.9 Å². The number of nitrogens with two attached hydrogens (primary N) is 1. The van der Waals surface area contributed by atoms with Gasteiger partial charge in [0.05, 0.1) is 36.8 Å². The van der Waals surface area contributed by atoms with Gasteiger partial charge in [0.1, 0.15) is 35.7 Å². The zero-order valence-electron chi connectivity index (χ0n) is 35.5. The molecule has 1 fully saturated rings. The van der Waals surface area contributed by atoms with Gasteiger partial charge in [-0.2, -0.15) is 0 Å². The van der Waals surface area contributed by atoms with E-state index >= 15 is 0 Å². The first-order valence-electron chi connectivity index (χ1n) is 20.6. The maximum Gasteiger partial charge on any atom is 0.254 e. The molecule has 2 bridgehead atoms. The smallest absolute Gasteiger partial charge is 0.254 e. The number of primary amides is 1. The second-order valence-corrected chi connectivity index (χ2v) is 17.8. The zero-order chi connectivity index (χ0) is 46.5. The number of benzene rings is 1. The highest BCUT2D eigenvalue weighted by Crippen LogP contribution is 2.34. The van der Waals surface area contributed by atoms with E-state index in [1.54, 1.807) is 38.1 Å². The molecule has 0 aliphatic carbocycles. The van der Waals surface area contributed by atoms with Crippen molar-refractivity contribution in [1.82, 2.24) is 47.1 Å². The van der Waals surface area contributed by atoms with Gasteiger partial charge in [0, 0.05) is 36.2 Å². The Bertz CT molecular complexity index is 2130. The second kappa shape index (κ2) is 20.2. The minimum absolute atomic E-state index is 0.184. The van der Waals surface area contributed by atoms with Crippen LogP contribution in [-0.4, -0.2) is 151 Å². The van der Waals surface area contributed by atoms with E-state index in [1.807, 2.05) is 0 Å². The third-order valence-electron chi connectivity index (χ3n) is 11.6. The number of rotatable bonds is 7. The van der Waals surface area contributed by atoms with E-state index in [0.717, 1.165) is 16.7 Å². The number of aromatic nitrogens is 1. The Morgan fingerprint density at radius 1 is 0.921 bits per heavy atom. The van der Waals surface area contributed by atoms with Crippen molar-refractivity contribution in [3.05, 3.63) is 29.8 Å². The monoisotopic (exact) mass is 900 g/mol. The van der Waals surface area contributed by atoms with Gasteiger partial charge >= 0.3 is 0 Å². The summed E-state index contributed by atoms with van der Waals surface area (Å²) in [6.07, 6.45) is -3.98. The fraction of sp³-hybridized carbons (Fsp3) is 0.575. The number of aromatic amines is 1. The van der Waals surface area contributed by atoms with Crippen LogP contribution in [0.2, 0.25) is 0 Å². The maximum atomic E-state index is 14.5. The molecule has 0 unspecified atom stereocenters. The predicted octanol–water partition coefficient (Wildman–Crippen LogP) is -3.91. The van der Waals surface area contributed by atoms with Gasteiger partial charge < -0.3 is 68.2 Å². The summed E-state index contributed by atoms with van der Waals surface area (Å²) in [6, 6.07) is -0.966. The molecule has 63 heavy (non-hydrogen) atoms. The molecule has 0 radical (unpaired) electrons. The summed E-state index contributed by atoms with van der Waals surface area (Å²) in [4.78, 5) is 130. The molecule has 0 saturated carbocycles. The van der Waals surface area contributed by atoms with Crippen molar-refractivity contribution in [1.29, 1.82) is 0 Å². The van der Waals surface area contributed by atoms with E-state index in [2.05, 4.69) is 42.2 Å². The summed E-state index contributed by atoms with van der Waals surface area (Å²) >= 11 is 0.731. The summed E-state index contributed by atoms with van der Waals surface area (Å²) in [5.74, 6) is -10.2. The average molecular weight is 901 g/mol. The molecule has 0 spiro atoms. The standard InChI is InChI=1S/C40H56N10O12S/c1-6-17(2)29-34(59)49-40(4,5)39(62)48-37-35(60)44-24(13-27(41)54)38(61)50-15-19(52)11-25(50)32(57)47-30(18(3)26(53)16-51)33(58)43-23(31(56)42-14-28(55)46-29)12-21-20-9-7-8-10-22(20)45-36(21)63-37/h7-10,17-19,23-26,29-30,37,45,51-53H,6,11-16H2,1-5H3,(H2,41,54)(H,42,56)(H,43,58)(H,44,60)(H,46,55)(H,47,57)(H,48,62)(H,49,59)/t17-,18-,19+,23-,24-,25-,26-,29-,30-,37-/m0/s1. The Kier molecular flexibility index (Phi) is 15.4. The molecule has 5 rings (SSSR count). The zero-order valence-corrected chi connectivity index (χ0v) is 36.3. The maximum absolute atomic E-state index is 14.5. The number of aliphatic hydroxyl groups is 3. The first-order valence-corrected chi connectivity index (χ1v) is 21.5. The lowest BCUT2D eigenvalue weighted by Crippen LogP contribution is -2.63. The number of carbonyl (C=O) groups is 9.